The molecule has 58 valence electrons. The molecule has 1 atom stereocenters. The number of hydrogen-bond acceptors (Lipinski definition) is 2. The van der Waals surface area contributed by atoms with E-state index in [4.69, 9.17) is 0 Å². The van der Waals surface area contributed by atoms with Crippen molar-refractivity contribution in [3.63, 3.8) is 0 Å². The lowest BCUT2D eigenvalue weighted by atomic mass is 10.0. The lowest BCUT2D eigenvalue weighted by molar-refractivity contribution is 0.492. The van der Waals surface area contributed by atoms with Crippen LogP contribution in [0.4, 0.5) is 0 Å². The fourth-order valence-corrected chi connectivity index (χ4v) is 1.10. The highest BCUT2D eigenvalue weighted by atomic mass is 15.0. The molecule has 0 aromatic carbocycles. The summed E-state index contributed by atoms with van der Waals surface area (Å²) >= 11 is 0. The second-order valence-electron chi connectivity index (χ2n) is 3.33. The summed E-state index contributed by atoms with van der Waals surface area (Å²) in [5.74, 6) is 0.822. The molecular weight excluding hydrogens is 124 g/mol. The van der Waals surface area contributed by atoms with E-state index in [1.54, 1.807) is 0 Å². The number of aliphatic imine (C=N–C) groups is 1. The highest BCUT2D eigenvalue weighted by Gasteiger charge is 2.09. The van der Waals surface area contributed by atoms with Crippen LogP contribution in [0.5, 0.6) is 0 Å². The fraction of sp³-hybridized carbons (Fsp3) is 0.875. The van der Waals surface area contributed by atoms with Gasteiger partial charge in [0.25, 0.3) is 0 Å². The van der Waals surface area contributed by atoms with Gasteiger partial charge in [0, 0.05) is 6.04 Å². The van der Waals surface area contributed by atoms with E-state index in [9.17, 15) is 0 Å². The molecule has 2 nitrogen and oxygen atoms in total. The van der Waals surface area contributed by atoms with Crippen LogP contribution in [0.3, 0.4) is 0 Å². The second-order valence-corrected chi connectivity index (χ2v) is 3.33. The molecule has 1 unspecified atom stereocenters. The summed E-state index contributed by atoms with van der Waals surface area (Å²) in [6.45, 7) is 5.50. The van der Waals surface area contributed by atoms with Crippen molar-refractivity contribution in [1.29, 1.82) is 0 Å². The molecule has 10 heavy (non-hydrogen) atoms. The summed E-state index contributed by atoms with van der Waals surface area (Å²) in [7, 11) is 0. The van der Waals surface area contributed by atoms with Gasteiger partial charge in [-0.1, -0.05) is 13.8 Å². The van der Waals surface area contributed by atoms with Crippen molar-refractivity contribution in [2.24, 2.45) is 10.9 Å². The van der Waals surface area contributed by atoms with Gasteiger partial charge in [0.1, 0.15) is 0 Å². The number of nitrogens with zero attached hydrogens (tertiary/aromatic N) is 1. The summed E-state index contributed by atoms with van der Waals surface area (Å²) < 4.78 is 0. The van der Waals surface area contributed by atoms with Gasteiger partial charge in [-0.3, -0.25) is 4.99 Å². The van der Waals surface area contributed by atoms with Crippen molar-refractivity contribution in [2.75, 3.05) is 6.54 Å². The van der Waals surface area contributed by atoms with Gasteiger partial charge in [0.15, 0.2) is 0 Å². The van der Waals surface area contributed by atoms with E-state index in [1.165, 1.54) is 12.8 Å². The molecule has 0 aromatic heterocycles. The smallest absolute Gasteiger partial charge is 0.0827 e. The van der Waals surface area contributed by atoms with Gasteiger partial charge in [-0.25, -0.2) is 0 Å². The van der Waals surface area contributed by atoms with Crippen LogP contribution in [0.15, 0.2) is 4.99 Å². The molecule has 1 aliphatic heterocycles. The Balaban J connectivity index is 2.03. The molecule has 0 aliphatic carbocycles. The van der Waals surface area contributed by atoms with Gasteiger partial charge in [0.2, 0.25) is 0 Å². The summed E-state index contributed by atoms with van der Waals surface area (Å²) in [6.07, 6.45) is 4.39. The average Bonchev–Trinajstić information content (AvgIpc) is 2.34. The highest BCUT2D eigenvalue weighted by Crippen LogP contribution is 2.07. The standard InChI is InChI=1S/C8H16N2/c1-7(2)3-4-8-5-9-6-10-8/h6-8H,3-5H2,1-2H3,(H,9,10). The lowest BCUT2D eigenvalue weighted by Gasteiger charge is -2.10. The first-order chi connectivity index (χ1) is 4.79. The van der Waals surface area contributed by atoms with E-state index in [1.807, 2.05) is 6.34 Å². The van der Waals surface area contributed by atoms with Gasteiger partial charge in [-0.2, -0.15) is 0 Å². The molecule has 0 aromatic rings. The van der Waals surface area contributed by atoms with Gasteiger partial charge in [-0.05, 0) is 18.8 Å². The van der Waals surface area contributed by atoms with Crippen molar-refractivity contribution < 1.29 is 0 Å². The van der Waals surface area contributed by atoms with Crippen LogP contribution < -0.4 is 5.32 Å². The number of nitrogens with one attached hydrogen (secondary N) is 1. The maximum absolute atomic E-state index is 4.11. The van der Waals surface area contributed by atoms with Gasteiger partial charge < -0.3 is 5.32 Å². The Morgan fingerprint density at radius 1 is 1.70 bits per heavy atom. The number of hydrogen-bond donors (Lipinski definition) is 1. The minimum atomic E-state index is 0.627. The molecule has 0 saturated heterocycles. The Bertz CT molecular complexity index is 110. The molecule has 2 heteroatoms. The first kappa shape index (κ1) is 7.58. The van der Waals surface area contributed by atoms with Crippen LogP contribution in [-0.4, -0.2) is 18.9 Å². The SMILES string of the molecule is CC(C)CCC1CN=CN1. The van der Waals surface area contributed by atoms with Crippen LogP contribution in [0.25, 0.3) is 0 Å². The molecule has 0 spiro atoms. The van der Waals surface area contributed by atoms with Crippen molar-refractivity contribution >= 4 is 6.34 Å². The zero-order valence-corrected chi connectivity index (χ0v) is 6.80. The van der Waals surface area contributed by atoms with E-state index in [0.29, 0.717) is 6.04 Å². The predicted molar refractivity (Wildman–Crippen MR) is 44.4 cm³/mol. The molecule has 1 N–H and O–H groups in total. The van der Waals surface area contributed by atoms with Gasteiger partial charge in [0.05, 0.1) is 12.9 Å². The monoisotopic (exact) mass is 140 g/mol. The zero-order valence-electron chi connectivity index (χ0n) is 6.80. The summed E-state index contributed by atoms with van der Waals surface area (Å²) in [6, 6.07) is 0.627. The van der Waals surface area contributed by atoms with Crippen molar-refractivity contribution in [2.45, 2.75) is 32.7 Å². The molecular formula is C8H16N2. The van der Waals surface area contributed by atoms with E-state index in [2.05, 4.69) is 24.2 Å². The Morgan fingerprint density at radius 2 is 2.50 bits per heavy atom. The van der Waals surface area contributed by atoms with Crippen LogP contribution in [-0.2, 0) is 0 Å². The van der Waals surface area contributed by atoms with Crippen molar-refractivity contribution in [3.8, 4) is 0 Å². The Morgan fingerprint density at radius 3 is 3.00 bits per heavy atom. The van der Waals surface area contributed by atoms with Crippen LogP contribution in [0.2, 0.25) is 0 Å². The molecule has 0 fully saturated rings. The van der Waals surface area contributed by atoms with Crippen LogP contribution in [0, 0.1) is 5.92 Å². The summed E-state index contributed by atoms with van der Waals surface area (Å²) in [5.41, 5.74) is 0. The van der Waals surface area contributed by atoms with Crippen LogP contribution >= 0.6 is 0 Å². The van der Waals surface area contributed by atoms with Crippen molar-refractivity contribution in [1.82, 2.24) is 5.32 Å². The molecule has 0 saturated carbocycles. The van der Waals surface area contributed by atoms with E-state index in [0.717, 1.165) is 12.5 Å². The molecule has 1 heterocycles. The lowest BCUT2D eigenvalue weighted by Crippen LogP contribution is -2.24. The molecule has 0 radical (unpaired) electrons. The normalized spacial score (nSPS) is 23.7. The van der Waals surface area contributed by atoms with Crippen LogP contribution in [0.1, 0.15) is 26.7 Å². The highest BCUT2D eigenvalue weighted by molar-refractivity contribution is 5.57. The Labute approximate surface area is 62.7 Å². The third-order valence-corrected chi connectivity index (χ3v) is 1.82. The maximum Gasteiger partial charge on any atom is 0.0827 e. The second kappa shape index (κ2) is 3.59. The topological polar surface area (TPSA) is 24.4 Å². The molecule has 0 bridgehead atoms. The first-order valence-corrected chi connectivity index (χ1v) is 4.03. The maximum atomic E-state index is 4.11. The van der Waals surface area contributed by atoms with Crippen molar-refractivity contribution in [3.05, 3.63) is 0 Å². The van der Waals surface area contributed by atoms with E-state index >= 15 is 0 Å². The Kier molecular flexibility index (Phi) is 2.72. The zero-order chi connectivity index (χ0) is 7.40. The Hall–Kier alpha value is -0.530. The molecule has 1 rings (SSSR count). The predicted octanol–water partition coefficient (Wildman–Crippen LogP) is 1.42. The largest absolute Gasteiger partial charge is 0.372 e. The average molecular weight is 140 g/mol. The third kappa shape index (κ3) is 2.38. The van der Waals surface area contributed by atoms with E-state index < -0.39 is 0 Å². The third-order valence-electron chi connectivity index (χ3n) is 1.82. The van der Waals surface area contributed by atoms with Gasteiger partial charge in [-0.15, -0.1) is 0 Å². The minimum Gasteiger partial charge on any atom is -0.372 e. The van der Waals surface area contributed by atoms with Gasteiger partial charge >= 0.3 is 0 Å². The summed E-state index contributed by atoms with van der Waals surface area (Å²) in [5, 5.41) is 3.22. The fourth-order valence-electron chi connectivity index (χ4n) is 1.10. The molecule has 1 aliphatic rings. The summed E-state index contributed by atoms with van der Waals surface area (Å²) in [4.78, 5) is 4.11. The number of rotatable bonds is 3. The molecule has 0 amide bonds. The van der Waals surface area contributed by atoms with E-state index in [-0.39, 0.29) is 0 Å². The quantitative estimate of drug-likeness (QED) is 0.630. The minimum absolute atomic E-state index is 0.627. The first-order valence-electron chi connectivity index (χ1n) is 4.03.